The summed E-state index contributed by atoms with van der Waals surface area (Å²) in [4.78, 5) is 0. The second-order valence-electron chi connectivity index (χ2n) is 3.04. The van der Waals surface area contributed by atoms with Gasteiger partial charge in [0, 0.05) is 0 Å². The molecule has 0 aliphatic carbocycles. The predicted octanol–water partition coefficient (Wildman–Crippen LogP) is 1.27. The van der Waals surface area contributed by atoms with Crippen LogP contribution in [0.15, 0.2) is 0 Å². The van der Waals surface area contributed by atoms with E-state index in [2.05, 4.69) is 9.39 Å². The average molecular weight is 133 g/mol. The molecule has 0 aromatic heterocycles. The summed E-state index contributed by atoms with van der Waals surface area (Å²) in [5, 5.41) is 11.1. The molecule has 0 aromatic rings. The van der Waals surface area contributed by atoms with E-state index < -0.39 is 0 Å². The van der Waals surface area contributed by atoms with Crippen LogP contribution in [0.4, 0.5) is 0 Å². The highest BCUT2D eigenvalue weighted by Gasteiger charge is 2.62. The highest BCUT2D eigenvalue weighted by atomic mass is 31.0. The van der Waals surface area contributed by atoms with E-state index in [0.717, 1.165) is 0 Å². The van der Waals surface area contributed by atoms with Gasteiger partial charge in [0.05, 0.1) is 9.39 Å². The van der Waals surface area contributed by atoms with Gasteiger partial charge in [0.25, 0.3) is 0 Å². The van der Waals surface area contributed by atoms with Crippen molar-refractivity contribution < 1.29 is 4.42 Å². The van der Waals surface area contributed by atoms with Gasteiger partial charge in [-0.1, -0.05) is 0 Å². The average Bonchev–Trinajstić information content (AvgIpc) is 1.88. The zero-order valence-corrected chi connectivity index (χ0v) is 6.66. The zero-order valence-electron chi connectivity index (χ0n) is 5.51. The summed E-state index contributed by atoms with van der Waals surface area (Å²) in [6, 6.07) is 0.257. The van der Waals surface area contributed by atoms with Crippen LogP contribution in [-0.2, 0) is 0 Å². The van der Waals surface area contributed by atoms with Crippen LogP contribution in [0.2, 0.25) is 0 Å². The first-order valence-electron chi connectivity index (χ1n) is 2.79. The number of hydrogen-bond acceptors (Lipinski definition) is 1. The SMILES string of the molecule is CC1C(C)(C)[N+]1([O-])P. The van der Waals surface area contributed by atoms with E-state index in [-0.39, 0.29) is 16.0 Å². The molecule has 0 radical (unpaired) electrons. The zero-order chi connectivity index (χ0) is 6.58. The molecular formula is C5H12NOP. The van der Waals surface area contributed by atoms with Gasteiger partial charge in [-0.15, -0.1) is 0 Å². The first kappa shape index (κ1) is 6.47. The van der Waals surface area contributed by atoms with E-state index in [9.17, 15) is 5.21 Å². The molecule has 0 saturated carbocycles. The molecule has 0 amide bonds. The molecule has 1 heterocycles. The highest BCUT2D eigenvalue weighted by Crippen LogP contribution is 2.52. The fourth-order valence-electron chi connectivity index (χ4n) is 0.900. The van der Waals surface area contributed by atoms with Crippen LogP contribution in [0, 0.1) is 5.21 Å². The minimum absolute atomic E-state index is 0.0509. The van der Waals surface area contributed by atoms with Gasteiger partial charge < -0.3 is 9.62 Å². The lowest BCUT2D eigenvalue weighted by Gasteiger charge is -2.19. The first-order valence-corrected chi connectivity index (χ1v) is 3.31. The number of quaternary nitrogens is 1. The minimum atomic E-state index is -0.146. The van der Waals surface area contributed by atoms with Crippen molar-refractivity contribution in [3.63, 3.8) is 0 Å². The summed E-state index contributed by atoms with van der Waals surface area (Å²) < 4.78 is -0.146. The van der Waals surface area contributed by atoms with Crippen molar-refractivity contribution in [2.45, 2.75) is 32.4 Å². The van der Waals surface area contributed by atoms with Crippen molar-refractivity contribution in [2.75, 3.05) is 0 Å². The van der Waals surface area contributed by atoms with E-state index in [1.54, 1.807) is 0 Å². The van der Waals surface area contributed by atoms with Crippen LogP contribution in [0.25, 0.3) is 0 Å². The van der Waals surface area contributed by atoms with Gasteiger partial charge >= 0.3 is 0 Å². The van der Waals surface area contributed by atoms with Crippen molar-refractivity contribution in [3.05, 3.63) is 5.21 Å². The molecule has 1 aliphatic heterocycles. The van der Waals surface area contributed by atoms with Crippen LogP contribution in [0.5, 0.6) is 0 Å². The van der Waals surface area contributed by atoms with Gasteiger partial charge in [-0.2, -0.15) is 0 Å². The molecular weight excluding hydrogens is 121 g/mol. The third-order valence-electron chi connectivity index (χ3n) is 2.43. The number of rotatable bonds is 0. The Balaban J connectivity index is 2.72. The van der Waals surface area contributed by atoms with Gasteiger partial charge in [-0.3, -0.25) is 0 Å². The Bertz CT molecular complexity index is 108. The Morgan fingerprint density at radius 2 is 1.75 bits per heavy atom. The van der Waals surface area contributed by atoms with Gasteiger partial charge in [0.1, 0.15) is 11.6 Å². The molecule has 1 aliphatic rings. The topological polar surface area (TPSA) is 23.1 Å². The molecule has 0 bridgehead atoms. The minimum Gasteiger partial charge on any atom is -0.631 e. The summed E-state index contributed by atoms with van der Waals surface area (Å²) in [5.41, 5.74) is -0.0509. The summed E-state index contributed by atoms with van der Waals surface area (Å²) >= 11 is 0. The van der Waals surface area contributed by atoms with E-state index in [1.165, 1.54) is 0 Å². The maximum Gasteiger partial charge on any atom is 0.147 e. The molecule has 8 heavy (non-hydrogen) atoms. The van der Waals surface area contributed by atoms with Crippen molar-refractivity contribution in [3.8, 4) is 0 Å². The fourth-order valence-corrected chi connectivity index (χ4v) is 1.41. The molecule has 0 N–H and O–H groups in total. The Morgan fingerprint density at radius 3 is 1.75 bits per heavy atom. The van der Waals surface area contributed by atoms with Crippen molar-refractivity contribution in [1.29, 1.82) is 0 Å². The molecule has 3 unspecified atom stereocenters. The molecule has 3 atom stereocenters. The predicted molar refractivity (Wildman–Crippen MR) is 36.9 cm³/mol. The number of nitrogens with zero attached hydrogens (tertiary/aromatic N) is 1. The molecule has 1 rings (SSSR count). The molecule has 0 spiro atoms. The van der Waals surface area contributed by atoms with E-state index in [4.69, 9.17) is 0 Å². The first-order chi connectivity index (χ1) is 3.40. The Labute approximate surface area is 52.3 Å². The van der Waals surface area contributed by atoms with Crippen LogP contribution < -0.4 is 0 Å². The largest absolute Gasteiger partial charge is 0.631 e. The summed E-state index contributed by atoms with van der Waals surface area (Å²) in [5.74, 6) is 0. The van der Waals surface area contributed by atoms with Crippen LogP contribution in [0.1, 0.15) is 20.8 Å². The van der Waals surface area contributed by atoms with Gasteiger partial charge in [-0.05, 0) is 20.8 Å². The highest BCUT2D eigenvalue weighted by molar-refractivity contribution is 7.09. The molecule has 48 valence electrons. The van der Waals surface area contributed by atoms with Gasteiger partial charge in [-0.25, -0.2) is 0 Å². The maximum atomic E-state index is 11.1. The van der Waals surface area contributed by atoms with Crippen molar-refractivity contribution in [2.24, 2.45) is 0 Å². The molecule has 3 heteroatoms. The quantitative estimate of drug-likeness (QED) is 0.277. The Morgan fingerprint density at radius 1 is 1.62 bits per heavy atom. The Kier molecular flexibility index (Phi) is 1.02. The monoisotopic (exact) mass is 133 g/mol. The van der Waals surface area contributed by atoms with Crippen molar-refractivity contribution >= 4 is 9.39 Å². The second kappa shape index (κ2) is 1.26. The molecule has 1 fully saturated rings. The van der Waals surface area contributed by atoms with Crippen LogP contribution in [-0.4, -0.2) is 16.0 Å². The lowest BCUT2D eigenvalue weighted by atomic mass is 10.2. The van der Waals surface area contributed by atoms with Gasteiger partial charge in [0.15, 0.2) is 0 Å². The van der Waals surface area contributed by atoms with Gasteiger partial charge in [0.2, 0.25) is 0 Å². The third-order valence-corrected chi connectivity index (χ3v) is 3.54. The van der Waals surface area contributed by atoms with Crippen LogP contribution in [0.3, 0.4) is 0 Å². The summed E-state index contributed by atoms with van der Waals surface area (Å²) in [7, 11) is 2.32. The second-order valence-corrected chi connectivity index (χ2v) is 3.81. The summed E-state index contributed by atoms with van der Waals surface area (Å²) in [6.07, 6.45) is 0. The molecule has 2 nitrogen and oxygen atoms in total. The van der Waals surface area contributed by atoms with Crippen LogP contribution >= 0.6 is 9.39 Å². The van der Waals surface area contributed by atoms with E-state index in [1.807, 2.05) is 20.8 Å². The lowest BCUT2D eigenvalue weighted by Crippen LogP contribution is -2.12. The summed E-state index contributed by atoms with van der Waals surface area (Å²) in [6.45, 7) is 5.94. The number of hydroxylamine groups is 2. The third kappa shape index (κ3) is 0.485. The smallest absolute Gasteiger partial charge is 0.147 e. The fraction of sp³-hybridized carbons (Fsp3) is 1.00. The number of hydrogen-bond donors (Lipinski definition) is 0. The van der Waals surface area contributed by atoms with E-state index >= 15 is 0 Å². The normalized spacial score (nSPS) is 51.4. The standard InChI is InChI=1S/C5H12NOP/c1-4-5(2,3)6(4,7)8/h4H,8H2,1-3H3. The maximum absolute atomic E-state index is 11.1. The molecule has 0 aromatic carbocycles. The van der Waals surface area contributed by atoms with Crippen molar-refractivity contribution in [1.82, 2.24) is 0 Å². The molecule has 1 saturated heterocycles. The van der Waals surface area contributed by atoms with E-state index in [0.29, 0.717) is 0 Å². The lowest BCUT2D eigenvalue weighted by molar-refractivity contribution is -0.637. The Hall–Kier alpha value is 0.350.